The molecule has 2 heterocycles. The van der Waals surface area contributed by atoms with E-state index in [4.69, 9.17) is 16.7 Å². The van der Waals surface area contributed by atoms with Gasteiger partial charge in [-0.05, 0) is 25.0 Å². The molecule has 0 radical (unpaired) electrons. The minimum atomic E-state index is 0.708. The van der Waals surface area contributed by atoms with Crippen LogP contribution in [0.1, 0.15) is 31.2 Å². The summed E-state index contributed by atoms with van der Waals surface area (Å²) in [6.45, 7) is 2.01. The van der Waals surface area contributed by atoms with Gasteiger partial charge in [0.2, 0.25) is 0 Å². The van der Waals surface area contributed by atoms with Crippen molar-refractivity contribution >= 4 is 17.4 Å². The maximum atomic E-state index is 6.35. The lowest BCUT2D eigenvalue weighted by Gasteiger charge is -2.19. The quantitative estimate of drug-likeness (QED) is 0.627. The largest absolute Gasteiger partial charge is 0.295 e. The van der Waals surface area contributed by atoms with E-state index in [0.29, 0.717) is 5.02 Å². The van der Waals surface area contributed by atoms with Gasteiger partial charge in [-0.3, -0.25) is 9.58 Å². The Bertz CT molecular complexity index is 598. The average molecular weight is 303 g/mol. The third kappa shape index (κ3) is 3.45. The third-order valence-electron chi connectivity index (χ3n) is 3.68. The first kappa shape index (κ1) is 14.1. The van der Waals surface area contributed by atoms with Gasteiger partial charge in [0.15, 0.2) is 5.84 Å². The van der Waals surface area contributed by atoms with Crippen LogP contribution in [-0.2, 0) is 0 Å². The molecule has 0 bridgehead atoms. The van der Waals surface area contributed by atoms with Crippen LogP contribution >= 0.6 is 11.6 Å². The average Bonchev–Trinajstić information content (AvgIpc) is 2.90. The molecule has 0 amide bonds. The van der Waals surface area contributed by atoms with Crippen molar-refractivity contribution in [1.29, 1.82) is 0 Å². The SMILES string of the molecule is Clc1ccccc1C(=NN1CCCCCC1)n1ccnc1. The molecule has 5 heteroatoms. The number of halogens is 1. The van der Waals surface area contributed by atoms with Crippen molar-refractivity contribution in [2.45, 2.75) is 25.7 Å². The number of hydrogen-bond donors (Lipinski definition) is 0. The summed E-state index contributed by atoms with van der Waals surface area (Å²) in [6, 6.07) is 7.81. The number of imidazole rings is 1. The summed E-state index contributed by atoms with van der Waals surface area (Å²) in [6.07, 6.45) is 10.4. The molecule has 3 rings (SSSR count). The summed E-state index contributed by atoms with van der Waals surface area (Å²) in [5, 5.41) is 7.72. The highest BCUT2D eigenvalue weighted by Crippen LogP contribution is 2.18. The van der Waals surface area contributed by atoms with Gasteiger partial charge in [-0.25, -0.2) is 4.98 Å². The lowest BCUT2D eigenvalue weighted by molar-refractivity contribution is 0.300. The molecule has 1 aromatic heterocycles. The first-order valence-electron chi connectivity index (χ1n) is 7.41. The molecule has 4 nitrogen and oxygen atoms in total. The monoisotopic (exact) mass is 302 g/mol. The second-order valence-electron chi connectivity index (χ2n) is 5.24. The van der Waals surface area contributed by atoms with Crippen LogP contribution in [0.5, 0.6) is 0 Å². The Morgan fingerprint density at radius 1 is 1.10 bits per heavy atom. The van der Waals surface area contributed by atoms with E-state index in [0.717, 1.165) is 24.5 Å². The molecule has 1 saturated heterocycles. The minimum absolute atomic E-state index is 0.708. The second-order valence-corrected chi connectivity index (χ2v) is 5.65. The van der Waals surface area contributed by atoms with Gasteiger partial charge in [-0.2, -0.15) is 5.10 Å². The van der Waals surface area contributed by atoms with Crippen molar-refractivity contribution in [3.8, 4) is 0 Å². The zero-order valence-electron chi connectivity index (χ0n) is 12.0. The molecule has 0 spiro atoms. The van der Waals surface area contributed by atoms with Crippen molar-refractivity contribution in [2.24, 2.45) is 5.10 Å². The summed E-state index contributed by atoms with van der Waals surface area (Å²) in [4.78, 5) is 4.13. The van der Waals surface area contributed by atoms with Gasteiger partial charge in [0, 0.05) is 31.0 Å². The number of nitrogens with zero attached hydrogens (tertiary/aromatic N) is 4. The third-order valence-corrected chi connectivity index (χ3v) is 4.01. The van der Waals surface area contributed by atoms with Crippen LogP contribution in [0.2, 0.25) is 5.02 Å². The fourth-order valence-corrected chi connectivity index (χ4v) is 2.78. The number of rotatable bonds is 2. The van der Waals surface area contributed by atoms with E-state index < -0.39 is 0 Å². The summed E-state index contributed by atoms with van der Waals surface area (Å²) >= 11 is 6.35. The molecule has 0 N–H and O–H groups in total. The van der Waals surface area contributed by atoms with Gasteiger partial charge in [0.1, 0.15) is 6.33 Å². The van der Waals surface area contributed by atoms with Gasteiger partial charge in [-0.1, -0.05) is 36.6 Å². The molecule has 0 saturated carbocycles. The predicted molar refractivity (Wildman–Crippen MR) is 85.7 cm³/mol. The van der Waals surface area contributed by atoms with Gasteiger partial charge in [0.25, 0.3) is 0 Å². The highest BCUT2D eigenvalue weighted by Gasteiger charge is 2.13. The summed E-state index contributed by atoms with van der Waals surface area (Å²) in [7, 11) is 0. The molecule has 0 atom stereocenters. The molecule has 1 fully saturated rings. The van der Waals surface area contributed by atoms with E-state index in [2.05, 4.69) is 9.99 Å². The number of benzene rings is 1. The molecule has 1 aliphatic heterocycles. The lowest BCUT2D eigenvalue weighted by atomic mass is 10.2. The van der Waals surface area contributed by atoms with Crippen LogP contribution < -0.4 is 0 Å². The number of hydrazone groups is 1. The Kier molecular flexibility index (Phi) is 4.55. The maximum Gasteiger partial charge on any atom is 0.166 e. The van der Waals surface area contributed by atoms with Gasteiger partial charge < -0.3 is 0 Å². The smallest absolute Gasteiger partial charge is 0.166 e. The number of aromatic nitrogens is 2. The van der Waals surface area contributed by atoms with Crippen molar-refractivity contribution < 1.29 is 0 Å². The topological polar surface area (TPSA) is 33.4 Å². The van der Waals surface area contributed by atoms with Crippen molar-refractivity contribution in [1.82, 2.24) is 14.6 Å². The predicted octanol–water partition coefficient (Wildman–Crippen LogP) is 3.62. The molecular weight excluding hydrogens is 284 g/mol. The zero-order chi connectivity index (χ0) is 14.5. The lowest BCUT2D eigenvalue weighted by Crippen LogP contribution is -2.24. The Labute approximate surface area is 130 Å². The van der Waals surface area contributed by atoms with Gasteiger partial charge >= 0.3 is 0 Å². The van der Waals surface area contributed by atoms with Gasteiger partial charge in [-0.15, -0.1) is 0 Å². The Morgan fingerprint density at radius 2 is 1.86 bits per heavy atom. The molecule has 1 aliphatic rings. The summed E-state index contributed by atoms with van der Waals surface area (Å²) < 4.78 is 1.92. The van der Waals surface area contributed by atoms with Crippen LogP contribution in [0.15, 0.2) is 48.1 Å². The van der Waals surface area contributed by atoms with E-state index in [1.165, 1.54) is 25.7 Å². The van der Waals surface area contributed by atoms with Crippen molar-refractivity contribution in [3.63, 3.8) is 0 Å². The first-order valence-corrected chi connectivity index (χ1v) is 7.79. The Balaban J connectivity index is 1.98. The van der Waals surface area contributed by atoms with Crippen LogP contribution in [-0.4, -0.2) is 33.5 Å². The van der Waals surface area contributed by atoms with Gasteiger partial charge in [0.05, 0.1) is 5.02 Å². The summed E-state index contributed by atoms with van der Waals surface area (Å²) in [5.74, 6) is 0.833. The molecule has 0 unspecified atom stereocenters. The highest BCUT2D eigenvalue weighted by molar-refractivity contribution is 6.34. The Hall–Kier alpha value is -1.81. The zero-order valence-corrected chi connectivity index (χ0v) is 12.7. The minimum Gasteiger partial charge on any atom is -0.295 e. The van der Waals surface area contributed by atoms with Crippen molar-refractivity contribution in [2.75, 3.05) is 13.1 Å². The molecular formula is C16H19ClN4. The van der Waals surface area contributed by atoms with Crippen LogP contribution in [0.25, 0.3) is 0 Å². The molecule has 1 aromatic carbocycles. The van der Waals surface area contributed by atoms with E-state index in [-0.39, 0.29) is 0 Å². The standard InChI is InChI=1S/C16H19ClN4/c17-15-8-4-3-7-14(15)16(20-12-9-18-13-20)19-21-10-5-1-2-6-11-21/h3-4,7-9,12-13H,1-2,5-6,10-11H2. The van der Waals surface area contributed by atoms with Crippen LogP contribution in [0.4, 0.5) is 0 Å². The summed E-state index contributed by atoms with van der Waals surface area (Å²) in [5.41, 5.74) is 0.932. The maximum absolute atomic E-state index is 6.35. The Morgan fingerprint density at radius 3 is 2.52 bits per heavy atom. The van der Waals surface area contributed by atoms with Crippen LogP contribution in [0, 0.1) is 0 Å². The van der Waals surface area contributed by atoms with E-state index in [1.54, 1.807) is 12.5 Å². The second kappa shape index (κ2) is 6.76. The first-order chi connectivity index (χ1) is 10.3. The van der Waals surface area contributed by atoms with E-state index >= 15 is 0 Å². The molecule has 110 valence electrons. The van der Waals surface area contributed by atoms with Crippen LogP contribution in [0.3, 0.4) is 0 Å². The van der Waals surface area contributed by atoms with E-state index in [9.17, 15) is 0 Å². The molecule has 21 heavy (non-hydrogen) atoms. The fourth-order valence-electron chi connectivity index (χ4n) is 2.56. The highest BCUT2D eigenvalue weighted by atomic mass is 35.5. The van der Waals surface area contributed by atoms with E-state index in [1.807, 2.05) is 35.0 Å². The molecule has 0 aliphatic carbocycles. The number of hydrogen-bond acceptors (Lipinski definition) is 3. The normalized spacial score (nSPS) is 16.8. The van der Waals surface area contributed by atoms with Crippen molar-refractivity contribution in [3.05, 3.63) is 53.6 Å². The molecule has 2 aromatic rings. The fraction of sp³-hybridized carbons (Fsp3) is 0.375.